The number of carbonyl (C=O) groups excluding carboxylic acids is 1. The molecule has 2 aromatic heterocycles. The van der Waals surface area contributed by atoms with Crippen molar-refractivity contribution < 1.29 is 9.21 Å². The van der Waals surface area contributed by atoms with Gasteiger partial charge in [-0.05, 0) is 31.0 Å². The zero-order valence-corrected chi connectivity index (χ0v) is 17.2. The van der Waals surface area contributed by atoms with E-state index in [1.807, 2.05) is 24.0 Å². The molecule has 0 spiro atoms. The lowest BCUT2D eigenvalue weighted by Crippen LogP contribution is -2.48. The first kappa shape index (κ1) is 18.9. The molecule has 1 aliphatic heterocycles. The van der Waals surface area contributed by atoms with Crippen molar-refractivity contribution in [3.05, 3.63) is 64.6 Å². The summed E-state index contributed by atoms with van der Waals surface area (Å²) in [6.45, 7) is 8.06. The van der Waals surface area contributed by atoms with E-state index in [1.54, 1.807) is 6.26 Å². The Morgan fingerprint density at radius 1 is 1.14 bits per heavy atom. The molecular formula is C22H25N3O2S. The van der Waals surface area contributed by atoms with Crippen molar-refractivity contribution in [1.29, 1.82) is 0 Å². The van der Waals surface area contributed by atoms with Crippen LogP contribution in [0.2, 0.25) is 0 Å². The van der Waals surface area contributed by atoms with Crippen LogP contribution in [0.5, 0.6) is 0 Å². The largest absolute Gasteiger partial charge is 0.468 e. The summed E-state index contributed by atoms with van der Waals surface area (Å²) < 4.78 is 5.43. The molecule has 5 nitrogen and oxygen atoms in total. The van der Waals surface area contributed by atoms with E-state index in [1.165, 1.54) is 16.9 Å². The Labute approximate surface area is 169 Å². The molecule has 146 valence electrons. The number of amides is 1. The molecule has 1 aliphatic rings. The number of rotatable bonds is 5. The molecule has 1 amide bonds. The molecule has 1 aromatic carbocycles. The number of hydrogen-bond acceptors (Lipinski definition) is 5. The second-order valence-corrected chi connectivity index (χ2v) is 8.13. The van der Waals surface area contributed by atoms with Gasteiger partial charge in [0.2, 0.25) is 0 Å². The Hall–Kier alpha value is -2.44. The fourth-order valence-corrected chi connectivity index (χ4v) is 4.52. The number of aryl methyl sites for hydroxylation is 2. The minimum atomic E-state index is 0.101. The van der Waals surface area contributed by atoms with Gasteiger partial charge in [-0.2, -0.15) is 0 Å². The van der Waals surface area contributed by atoms with Crippen molar-refractivity contribution in [2.24, 2.45) is 0 Å². The summed E-state index contributed by atoms with van der Waals surface area (Å²) in [6, 6.07) is 12.4. The van der Waals surface area contributed by atoms with Gasteiger partial charge in [0.05, 0.1) is 18.5 Å². The normalized spacial score (nSPS) is 15.1. The van der Waals surface area contributed by atoms with Crippen LogP contribution in [-0.4, -0.2) is 46.9 Å². The summed E-state index contributed by atoms with van der Waals surface area (Å²) in [5.74, 6) is 1.07. The third-order valence-electron chi connectivity index (χ3n) is 5.22. The maximum Gasteiger partial charge on any atom is 0.265 e. The zero-order chi connectivity index (χ0) is 19.5. The van der Waals surface area contributed by atoms with E-state index in [-0.39, 0.29) is 5.91 Å². The highest BCUT2D eigenvalue weighted by Gasteiger charge is 2.26. The monoisotopic (exact) mass is 395 g/mol. The molecule has 0 N–H and O–H groups in total. The minimum absolute atomic E-state index is 0.101. The van der Waals surface area contributed by atoms with Gasteiger partial charge in [0.25, 0.3) is 5.91 Å². The van der Waals surface area contributed by atoms with Crippen LogP contribution < -0.4 is 0 Å². The van der Waals surface area contributed by atoms with Crippen LogP contribution in [0.4, 0.5) is 0 Å². The van der Waals surface area contributed by atoms with Gasteiger partial charge in [0.15, 0.2) is 0 Å². The lowest BCUT2D eigenvalue weighted by molar-refractivity contribution is 0.0624. The summed E-state index contributed by atoms with van der Waals surface area (Å²) in [5, 5.41) is 0.917. The number of furan rings is 1. The smallest absolute Gasteiger partial charge is 0.265 e. The standard InChI is InChI=1S/C22H25N3O2S/c1-3-17-6-8-18(9-7-17)21-23-16(2)20(28-21)22(26)25-12-10-24(11-13-25)15-19-5-4-14-27-19/h4-9,14H,3,10-13,15H2,1-2H3. The molecule has 0 atom stereocenters. The molecule has 0 unspecified atom stereocenters. The van der Waals surface area contributed by atoms with Crippen LogP contribution in [-0.2, 0) is 13.0 Å². The van der Waals surface area contributed by atoms with Crippen molar-refractivity contribution in [1.82, 2.24) is 14.8 Å². The van der Waals surface area contributed by atoms with Crippen LogP contribution in [0.3, 0.4) is 0 Å². The lowest BCUT2D eigenvalue weighted by atomic mass is 10.1. The maximum atomic E-state index is 13.0. The fourth-order valence-electron chi connectivity index (χ4n) is 3.48. The Morgan fingerprint density at radius 3 is 2.54 bits per heavy atom. The SMILES string of the molecule is CCc1ccc(-c2nc(C)c(C(=O)N3CCN(Cc4ccco4)CC3)s2)cc1. The van der Waals surface area contributed by atoms with E-state index in [0.717, 1.165) is 66.0 Å². The summed E-state index contributed by atoms with van der Waals surface area (Å²) in [6.07, 6.45) is 2.72. The molecule has 0 aliphatic carbocycles. The highest BCUT2D eigenvalue weighted by molar-refractivity contribution is 7.17. The summed E-state index contributed by atoms with van der Waals surface area (Å²) in [4.78, 5) is 22.7. The molecule has 1 saturated heterocycles. The number of benzene rings is 1. The van der Waals surface area contributed by atoms with Crippen molar-refractivity contribution in [3.8, 4) is 10.6 Å². The van der Waals surface area contributed by atoms with E-state index < -0.39 is 0 Å². The number of carbonyl (C=O) groups is 1. The summed E-state index contributed by atoms with van der Waals surface area (Å²) in [7, 11) is 0. The summed E-state index contributed by atoms with van der Waals surface area (Å²) in [5.41, 5.74) is 3.20. The van der Waals surface area contributed by atoms with Gasteiger partial charge in [-0.15, -0.1) is 11.3 Å². The molecule has 0 bridgehead atoms. The first-order valence-electron chi connectivity index (χ1n) is 9.75. The van der Waals surface area contributed by atoms with Gasteiger partial charge in [0, 0.05) is 31.7 Å². The average Bonchev–Trinajstić information content (AvgIpc) is 3.38. The van der Waals surface area contributed by atoms with Crippen molar-refractivity contribution in [3.63, 3.8) is 0 Å². The first-order valence-corrected chi connectivity index (χ1v) is 10.6. The number of nitrogens with zero attached hydrogens (tertiary/aromatic N) is 3. The van der Waals surface area contributed by atoms with Crippen LogP contribution >= 0.6 is 11.3 Å². The maximum absolute atomic E-state index is 13.0. The van der Waals surface area contributed by atoms with Crippen LogP contribution in [0.15, 0.2) is 47.1 Å². The third-order valence-corrected chi connectivity index (χ3v) is 6.41. The molecule has 28 heavy (non-hydrogen) atoms. The topological polar surface area (TPSA) is 49.6 Å². The zero-order valence-electron chi connectivity index (χ0n) is 16.4. The van der Waals surface area contributed by atoms with Gasteiger partial charge < -0.3 is 9.32 Å². The molecule has 0 radical (unpaired) electrons. The van der Waals surface area contributed by atoms with Crippen molar-refractivity contribution >= 4 is 17.2 Å². The van der Waals surface area contributed by atoms with Gasteiger partial charge in [0.1, 0.15) is 15.6 Å². The van der Waals surface area contributed by atoms with Crippen LogP contribution in [0, 0.1) is 6.92 Å². The van der Waals surface area contributed by atoms with E-state index >= 15 is 0 Å². The molecule has 1 fully saturated rings. The third kappa shape index (κ3) is 4.03. The molecule has 6 heteroatoms. The van der Waals surface area contributed by atoms with Crippen molar-refractivity contribution in [2.75, 3.05) is 26.2 Å². The molecule has 0 saturated carbocycles. The molecular weight excluding hydrogens is 370 g/mol. The van der Waals surface area contributed by atoms with Gasteiger partial charge >= 0.3 is 0 Å². The Kier molecular flexibility index (Phi) is 5.59. The number of hydrogen-bond donors (Lipinski definition) is 0. The predicted octanol–water partition coefficient (Wildman–Crippen LogP) is 4.23. The Bertz CT molecular complexity index is 923. The molecule has 4 rings (SSSR count). The molecule has 3 aromatic rings. The highest BCUT2D eigenvalue weighted by atomic mass is 32.1. The first-order chi connectivity index (χ1) is 13.6. The van der Waals surface area contributed by atoms with E-state index in [0.29, 0.717) is 0 Å². The van der Waals surface area contributed by atoms with Crippen LogP contribution in [0.25, 0.3) is 10.6 Å². The number of aromatic nitrogens is 1. The number of thiazole rings is 1. The quantitative estimate of drug-likeness (QED) is 0.649. The van der Waals surface area contributed by atoms with E-state index in [2.05, 4.69) is 41.1 Å². The van der Waals surface area contributed by atoms with E-state index in [9.17, 15) is 4.79 Å². The second-order valence-electron chi connectivity index (χ2n) is 7.13. The Morgan fingerprint density at radius 2 is 1.89 bits per heavy atom. The second kappa shape index (κ2) is 8.29. The highest BCUT2D eigenvalue weighted by Crippen LogP contribution is 2.29. The van der Waals surface area contributed by atoms with Gasteiger partial charge in [-0.3, -0.25) is 9.69 Å². The number of piperazine rings is 1. The van der Waals surface area contributed by atoms with E-state index in [4.69, 9.17) is 4.42 Å². The Balaban J connectivity index is 1.41. The average molecular weight is 396 g/mol. The molecule has 3 heterocycles. The predicted molar refractivity (Wildman–Crippen MR) is 112 cm³/mol. The minimum Gasteiger partial charge on any atom is -0.468 e. The lowest BCUT2D eigenvalue weighted by Gasteiger charge is -2.34. The van der Waals surface area contributed by atoms with Crippen LogP contribution in [0.1, 0.15) is 33.6 Å². The van der Waals surface area contributed by atoms with Crippen molar-refractivity contribution in [2.45, 2.75) is 26.8 Å². The fraction of sp³-hybridized carbons (Fsp3) is 0.364. The van der Waals surface area contributed by atoms with Gasteiger partial charge in [-0.1, -0.05) is 31.2 Å². The summed E-state index contributed by atoms with van der Waals surface area (Å²) >= 11 is 1.50. The van der Waals surface area contributed by atoms with Gasteiger partial charge in [-0.25, -0.2) is 4.98 Å².